The van der Waals surface area contributed by atoms with Crippen LogP contribution in [-0.2, 0) is 14.6 Å². The van der Waals surface area contributed by atoms with Gasteiger partial charge in [-0.1, -0.05) is 0 Å². The van der Waals surface area contributed by atoms with Crippen molar-refractivity contribution in [3.8, 4) is 0 Å². The number of hydrogen-bond donors (Lipinski definition) is 0. The SMILES string of the molecule is C[C@H](CS(C)(=O)=O)N(C)C(=O)CSc1ccc(F)c(F)c1. The molecule has 118 valence electrons. The lowest BCUT2D eigenvalue weighted by Crippen LogP contribution is -2.40. The third-order valence-corrected chi connectivity index (χ3v) is 4.92. The molecule has 0 aliphatic carbocycles. The van der Waals surface area contributed by atoms with Crippen LogP contribution in [0.3, 0.4) is 0 Å². The molecule has 0 bridgehead atoms. The Morgan fingerprint density at radius 1 is 1.33 bits per heavy atom. The van der Waals surface area contributed by atoms with E-state index in [2.05, 4.69) is 0 Å². The van der Waals surface area contributed by atoms with Crippen molar-refractivity contribution in [2.24, 2.45) is 0 Å². The van der Waals surface area contributed by atoms with Crippen LogP contribution in [0.5, 0.6) is 0 Å². The van der Waals surface area contributed by atoms with Crippen molar-refractivity contribution in [3.05, 3.63) is 29.8 Å². The summed E-state index contributed by atoms with van der Waals surface area (Å²) >= 11 is 1.07. The van der Waals surface area contributed by atoms with Crippen molar-refractivity contribution in [3.63, 3.8) is 0 Å². The van der Waals surface area contributed by atoms with Crippen LogP contribution < -0.4 is 0 Å². The first-order valence-corrected chi connectivity index (χ1v) is 9.16. The quantitative estimate of drug-likeness (QED) is 0.745. The number of amides is 1. The predicted molar refractivity (Wildman–Crippen MR) is 79.0 cm³/mol. The first kappa shape index (κ1) is 17.9. The van der Waals surface area contributed by atoms with Gasteiger partial charge in [0.15, 0.2) is 11.6 Å². The van der Waals surface area contributed by atoms with E-state index in [1.165, 1.54) is 18.0 Å². The van der Waals surface area contributed by atoms with E-state index in [-0.39, 0.29) is 17.4 Å². The molecule has 1 atom stereocenters. The summed E-state index contributed by atoms with van der Waals surface area (Å²) in [7, 11) is -1.65. The zero-order chi connectivity index (χ0) is 16.2. The molecule has 1 rings (SSSR count). The highest BCUT2D eigenvalue weighted by Gasteiger charge is 2.19. The standard InChI is InChI=1S/C13H17F2NO3S2/c1-9(8-21(3,18)19)16(2)13(17)7-20-10-4-5-11(14)12(15)6-10/h4-6,9H,7-8H2,1-3H3/t9-/m1/s1. The first-order chi connectivity index (χ1) is 9.60. The summed E-state index contributed by atoms with van der Waals surface area (Å²) in [6.45, 7) is 1.64. The average Bonchev–Trinajstić information content (AvgIpc) is 2.36. The Morgan fingerprint density at radius 2 is 1.95 bits per heavy atom. The molecule has 0 aliphatic rings. The normalized spacial score (nSPS) is 13.0. The fourth-order valence-electron chi connectivity index (χ4n) is 1.61. The molecule has 0 spiro atoms. The van der Waals surface area contributed by atoms with Crippen LogP contribution in [0.15, 0.2) is 23.1 Å². The topological polar surface area (TPSA) is 54.5 Å². The summed E-state index contributed by atoms with van der Waals surface area (Å²) in [5.74, 6) is -2.28. The largest absolute Gasteiger partial charge is 0.341 e. The van der Waals surface area contributed by atoms with Gasteiger partial charge >= 0.3 is 0 Å². The Hall–Kier alpha value is -1.15. The molecule has 0 heterocycles. The van der Waals surface area contributed by atoms with Crippen LogP contribution >= 0.6 is 11.8 Å². The molecule has 1 aromatic rings. The van der Waals surface area contributed by atoms with Gasteiger partial charge in [-0.3, -0.25) is 4.79 Å². The van der Waals surface area contributed by atoms with E-state index in [9.17, 15) is 22.0 Å². The molecule has 4 nitrogen and oxygen atoms in total. The monoisotopic (exact) mass is 337 g/mol. The Morgan fingerprint density at radius 3 is 2.48 bits per heavy atom. The molecule has 1 aromatic carbocycles. The van der Waals surface area contributed by atoms with E-state index in [0.29, 0.717) is 4.90 Å². The van der Waals surface area contributed by atoms with Crippen molar-refractivity contribution in [1.82, 2.24) is 4.90 Å². The molecule has 0 radical (unpaired) electrons. The number of hydrogen-bond acceptors (Lipinski definition) is 4. The van der Waals surface area contributed by atoms with Gasteiger partial charge in [-0.15, -0.1) is 11.8 Å². The second kappa shape index (κ2) is 7.22. The number of benzene rings is 1. The zero-order valence-electron chi connectivity index (χ0n) is 12.0. The van der Waals surface area contributed by atoms with Crippen molar-refractivity contribution >= 4 is 27.5 Å². The molecular weight excluding hydrogens is 320 g/mol. The van der Waals surface area contributed by atoms with Crippen LogP contribution in [0, 0.1) is 11.6 Å². The molecule has 0 aliphatic heterocycles. The van der Waals surface area contributed by atoms with Crippen LogP contribution in [0.4, 0.5) is 8.78 Å². The highest BCUT2D eigenvalue weighted by atomic mass is 32.2. The highest BCUT2D eigenvalue weighted by Crippen LogP contribution is 2.21. The molecule has 1 amide bonds. The lowest BCUT2D eigenvalue weighted by molar-refractivity contribution is -0.128. The van der Waals surface area contributed by atoms with Crippen LogP contribution in [0.2, 0.25) is 0 Å². The lowest BCUT2D eigenvalue weighted by atomic mass is 10.3. The van der Waals surface area contributed by atoms with Crippen LogP contribution in [0.25, 0.3) is 0 Å². The molecule has 0 N–H and O–H groups in total. The minimum atomic E-state index is -3.17. The number of halogens is 2. The Kier molecular flexibility index (Phi) is 6.15. The fourth-order valence-corrected chi connectivity index (χ4v) is 3.55. The molecule has 0 unspecified atom stereocenters. The molecule has 0 aromatic heterocycles. The van der Waals surface area contributed by atoms with Crippen molar-refractivity contribution in [2.75, 3.05) is 24.8 Å². The van der Waals surface area contributed by atoms with Gasteiger partial charge in [0.2, 0.25) is 5.91 Å². The van der Waals surface area contributed by atoms with E-state index in [1.54, 1.807) is 6.92 Å². The van der Waals surface area contributed by atoms with E-state index < -0.39 is 27.5 Å². The summed E-state index contributed by atoms with van der Waals surface area (Å²) in [6, 6.07) is 2.96. The number of carbonyl (C=O) groups is 1. The van der Waals surface area contributed by atoms with Gasteiger partial charge in [0, 0.05) is 24.2 Å². The number of sulfone groups is 1. The van der Waals surface area contributed by atoms with Crippen molar-refractivity contribution in [1.29, 1.82) is 0 Å². The van der Waals surface area contributed by atoms with Gasteiger partial charge < -0.3 is 4.90 Å². The van der Waals surface area contributed by atoms with Crippen LogP contribution in [-0.4, -0.2) is 50.1 Å². The number of thioether (sulfide) groups is 1. The minimum Gasteiger partial charge on any atom is -0.341 e. The molecule has 0 fully saturated rings. The van der Waals surface area contributed by atoms with Crippen molar-refractivity contribution in [2.45, 2.75) is 17.9 Å². The Labute approximate surface area is 127 Å². The van der Waals surface area contributed by atoms with Crippen molar-refractivity contribution < 1.29 is 22.0 Å². The number of rotatable bonds is 6. The maximum atomic E-state index is 13.0. The third-order valence-electron chi connectivity index (χ3n) is 2.85. The first-order valence-electron chi connectivity index (χ1n) is 6.11. The van der Waals surface area contributed by atoms with Gasteiger partial charge in [0.25, 0.3) is 0 Å². The predicted octanol–water partition coefficient (Wildman–Crippen LogP) is 1.95. The molecule has 8 heteroatoms. The second-order valence-electron chi connectivity index (χ2n) is 4.81. The zero-order valence-corrected chi connectivity index (χ0v) is 13.6. The number of nitrogens with zero attached hydrogens (tertiary/aromatic N) is 1. The minimum absolute atomic E-state index is 0.0235. The van der Waals surface area contributed by atoms with E-state index in [1.807, 2.05) is 0 Å². The maximum Gasteiger partial charge on any atom is 0.232 e. The van der Waals surface area contributed by atoms with E-state index >= 15 is 0 Å². The van der Waals surface area contributed by atoms with Gasteiger partial charge in [-0.25, -0.2) is 17.2 Å². The van der Waals surface area contributed by atoms with Crippen LogP contribution in [0.1, 0.15) is 6.92 Å². The van der Waals surface area contributed by atoms with E-state index in [4.69, 9.17) is 0 Å². The molecular formula is C13H17F2NO3S2. The summed E-state index contributed by atoms with van der Waals surface area (Å²) < 4.78 is 48.2. The van der Waals surface area contributed by atoms with Gasteiger partial charge in [-0.2, -0.15) is 0 Å². The molecule has 21 heavy (non-hydrogen) atoms. The summed E-state index contributed by atoms with van der Waals surface area (Å²) in [5, 5.41) is 0. The van der Waals surface area contributed by atoms with Gasteiger partial charge in [0.1, 0.15) is 9.84 Å². The smallest absolute Gasteiger partial charge is 0.232 e. The summed E-state index contributed by atoms with van der Waals surface area (Å²) in [4.78, 5) is 13.7. The van der Waals surface area contributed by atoms with Gasteiger partial charge in [0.05, 0.1) is 11.5 Å². The Balaban J connectivity index is 2.58. The average molecular weight is 337 g/mol. The fraction of sp³-hybridized carbons (Fsp3) is 0.462. The molecule has 0 saturated carbocycles. The second-order valence-corrected chi connectivity index (χ2v) is 8.04. The highest BCUT2D eigenvalue weighted by molar-refractivity contribution is 8.00. The third kappa shape index (κ3) is 6.01. The summed E-state index contributed by atoms with van der Waals surface area (Å²) in [5.41, 5.74) is 0. The van der Waals surface area contributed by atoms with Gasteiger partial charge in [-0.05, 0) is 25.1 Å². The molecule has 0 saturated heterocycles. The maximum absolute atomic E-state index is 13.0. The summed E-state index contributed by atoms with van der Waals surface area (Å²) in [6.07, 6.45) is 1.11. The number of carbonyl (C=O) groups excluding carboxylic acids is 1. The lowest BCUT2D eigenvalue weighted by Gasteiger charge is -2.24. The Bertz CT molecular complexity index is 620. The van der Waals surface area contributed by atoms with E-state index in [0.717, 1.165) is 30.2 Å².